The van der Waals surface area contributed by atoms with Gasteiger partial charge in [0.15, 0.2) is 5.11 Å². The maximum absolute atomic E-state index is 12.4. The summed E-state index contributed by atoms with van der Waals surface area (Å²) >= 11 is 5.38. The number of hydrogen-bond acceptors (Lipinski definition) is 5. The van der Waals surface area contributed by atoms with Crippen LogP contribution in [-0.2, 0) is 13.6 Å². The fourth-order valence-corrected chi connectivity index (χ4v) is 4.90. The van der Waals surface area contributed by atoms with Gasteiger partial charge in [-0.15, -0.1) is 0 Å². The molecule has 226 valence electrons. The molecular formula is C28H59N3O5PS+. The van der Waals surface area contributed by atoms with Crippen molar-refractivity contribution < 1.29 is 28.1 Å². The molecule has 8 nitrogen and oxygen atoms in total. The molecule has 0 saturated carbocycles. The largest absolute Gasteiger partial charge is 0.472 e. The van der Waals surface area contributed by atoms with Gasteiger partial charge in [0.2, 0.25) is 0 Å². The first kappa shape index (κ1) is 37.5. The van der Waals surface area contributed by atoms with Gasteiger partial charge in [0.05, 0.1) is 39.9 Å². The Morgan fingerprint density at radius 1 is 0.974 bits per heavy atom. The number of rotatable bonds is 22. The molecule has 0 rings (SSSR count). The third-order valence-electron chi connectivity index (χ3n) is 5.96. The van der Waals surface area contributed by atoms with Crippen molar-refractivity contribution >= 4 is 25.2 Å². The Morgan fingerprint density at radius 3 is 2.00 bits per heavy atom. The summed E-state index contributed by atoms with van der Waals surface area (Å²) in [7, 11) is 1.64. The van der Waals surface area contributed by atoms with E-state index in [0.717, 1.165) is 12.8 Å². The zero-order valence-corrected chi connectivity index (χ0v) is 27.0. The second-order valence-electron chi connectivity index (χ2n) is 12.3. The quantitative estimate of drug-likeness (QED) is 0.0402. The van der Waals surface area contributed by atoms with Crippen molar-refractivity contribution in [2.45, 2.75) is 122 Å². The second kappa shape index (κ2) is 20.4. The summed E-state index contributed by atoms with van der Waals surface area (Å²) in [4.78, 5) is 10.1. The minimum Gasteiger partial charge on any atom is -0.387 e. The molecule has 4 N–H and O–H groups in total. The van der Waals surface area contributed by atoms with Crippen molar-refractivity contribution in [3.63, 3.8) is 0 Å². The number of unbranched alkanes of at least 4 members (excludes halogenated alkanes) is 11. The van der Waals surface area contributed by atoms with E-state index in [0.29, 0.717) is 16.1 Å². The van der Waals surface area contributed by atoms with Crippen LogP contribution < -0.4 is 10.6 Å². The zero-order chi connectivity index (χ0) is 29.1. The molecule has 0 amide bonds. The Kier molecular flexibility index (Phi) is 20.1. The van der Waals surface area contributed by atoms with Crippen LogP contribution >= 0.6 is 20.0 Å². The van der Waals surface area contributed by atoms with Crippen molar-refractivity contribution in [1.82, 2.24) is 10.6 Å². The third kappa shape index (κ3) is 24.5. The van der Waals surface area contributed by atoms with Crippen LogP contribution in [0.2, 0.25) is 0 Å². The summed E-state index contributed by atoms with van der Waals surface area (Å²) in [6.45, 7) is 8.57. The van der Waals surface area contributed by atoms with Crippen LogP contribution in [-0.4, -0.2) is 78.2 Å². The van der Waals surface area contributed by atoms with Crippen molar-refractivity contribution in [3.05, 3.63) is 12.2 Å². The number of hydrogen-bond donors (Lipinski definition) is 4. The molecule has 0 aliphatic rings. The second-order valence-corrected chi connectivity index (χ2v) is 14.2. The van der Waals surface area contributed by atoms with Crippen molar-refractivity contribution in [1.29, 1.82) is 0 Å². The molecule has 0 aromatic heterocycles. The van der Waals surface area contributed by atoms with Crippen molar-refractivity contribution in [2.75, 3.05) is 40.9 Å². The summed E-state index contributed by atoms with van der Waals surface area (Å²) in [5.41, 5.74) is -0.272. The molecule has 0 heterocycles. The Balaban J connectivity index is 4.56. The van der Waals surface area contributed by atoms with Crippen LogP contribution in [0.4, 0.5) is 0 Å². The predicted octanol–water partition coefficient (Wildman–Crippen LogP) is 6.08. The molecule has 3 atom stereocenters. The van der Waals surface area contributed by atoms with Crippen molar-refractivity contribution in [3.8, 4) is 0 Å². The minimum absolute atomic E-state index is 0.0841. The lowest BCUT2D eigenvalue weighted by molar-refractivity contribution is -0.870. The van der Waals surface area contributed by atoms with E-state index in [9.17, 15) is 14.6 Å². The van der Waals surface area contributed by atoms with Gasteiger partial charge in [-0.25, -0.2) is 4.57 Å². The molecule has 0 fully saturated rings. The van der Waals surface area contributed by atoms with Gasteiger partial charge in [-0.3, -0.25) is 9.05 Å². The summed E-state index contributed by atoms with van der Waals surface area (Å²) in [6.07, 6.45) is 17.8. The van der Waals surface area contributed by atoms with Crippen LogP contribution in [0, 0.1) is 0 Å². The van der Waals surface area contributed by atoms with Gasteiger partial charge in [0.1, 0.15) is 13.2 Å². The van der Waals surface area contributed by atoms with Gasteiger partial charge in [0.25, 0.3) is 0 Å². The van der Waals surface area contributed by atoms with E-state index in [1.807, 2.05) is 48.0 Å². The summed E-state index contributed by atoms with van der Waals surface area (Å²) in [5, 5.41) is 17.3. The van der Waals surface area contributed by atoms with Gasteiger partial charge < -0.3 is 25.1 Å². The molecular weight excluding hydrogens is 521 g/mol. The first-order chi connectivity index (χ1) is 17.7. The molecule has 0 aromatic carbocycles. The van der Waals surface area contributed by atoms with E-state index in [-0.39, 0.29) is 18.8 Å². The topological polar surface area (TPSA) is 100 Å². The first-order valence-corrected chi connectivity index (χ1v) is 16.4. The van der Waals surface area contributed by atoms with Gasteiger partial charge in [0, 0.05) is 5.54 Å². The molecule has 38 heavy (non-hydrogen) atoms. The Labute approximate surface area is 239 Å². The Morgan fingerprint density at radius 2 is 1.50 bits per heavy atom. The van der Waals surface area contributed by atoms with E-state index < -0.39 is 20.0 Å². The van der Waals surface area contributed by atoms with E-state index in [1.165, 1.54) is 64.2 Å². The number of nitrogens with zero attached hydrogens (tertiary/aromatic N) is 1. The molecule has 0 aliphatic carbocycles. The molecule has 0 bridgehead atoms. The number of likely N-dealkylation sites (N-methyl/N-ethyl adjacent to an activating group) is 1. The third-order valence-corrected chi connectivity index (χ3v) is 7.16. The number of phosphoric acid groups is 1. The summed E-state index contributed by atoms with van der Waals surface area (Å²) in [5.74, 6) is 0. The van der Waals surface area contributed by atoms with Crippen LogP contribution in [0.1, 0.15) is 105 Å². The lowest BCUT2D eigenvalue weighted by atomic mass is 10.0. The van der Waals surface area contributed by atoms with Gasteiger partial charge in [-0.2, -0.15) is 0 Å². The van der Waals surface area contributed by atoms with Crippen LogP contribution in [0.5, 0.6) is 0 Å². The highest BCUT2D eigenvalue weighted by molar-refractivity contribution is 7.80. The normalized spacial score (nSPS) is 15.8. The SMILES string of the molecule is CCCCCCCCCCCCC/C=C/[C@@H](O)[C@H](COP(=O)(O)OCC[N+](C)(C)C)NC(=S)NC(C)(C)C. The predicted molar refractivity (Wildman–Crippen MR) is 163 cm³/mol. The molecule has 0 radical (unpaired) electrons. The lowest BCUT2D eigenvalue weighted by Gasteiger charge is -2.28. The standard InChI is InChI=1S/C28H58N3O5PS/c1-8-9-10-11-12-13-14-15-16-17-18-19-20-21-26(32)25(29-27(38)30-28(2,3)4)24-36-37(33,34)35-23-22-31(5,6)7/h20-21,25-26,32H,8-19,22-24H2,1-7H3,(H2-,29,30,33,34,38)/p+1/b21-20+/t25-,26+/m0/s1. The maximum atomic E-state index is 12.4. The molecule has 10 heteroatoms. The highest BCUT2D eigenvalue weighted by Crippen LogP contribution is 2.43. The van der Waals surface area contributed by atoms with E-state index in [2.05, 4.69) is 17.6 Å². The van der Waals surface area contributed by atoms with Gasteiger partial charge >= 0.3 is 7.82 Å². The van der Waals surface area contributed by atoms with E-state index in [4.69, 9.17) is 21.3 Å². The summed E-state index contributed by atoms with van der Waals surface area (Å²) in [6, 6.07) is -0.714. The first-order valence-electron chi connectivity index (χ1n) is 14.5. The van der Waals surface area contributed by atoms with Crippen molar-refractivity contribution in [2.24, 2.45) is 0 Å². The number of nitrogens with one attached hydrogen (secondary N) is 2. The van der Waals surface area contributed by atoms with Crippen LogP contribution in [0.15, 0.2) is 12.2 Å². The van der Waals surface area contributed by atoms with E-state index in [1.54, 1.807) is 6.08 Å². The molecule has 0 spiro atoms. The van der Waals surface area contributed by atoms with Crippen LogP contribution in [0.25, 0.3) is 0 Å². The number of allylic oxidation sites excluding steroid dienone is 1. The lowest BCUT2D eigenvalue weighted by Crippen LogP contribution is -2.53. The number of aliphatic hydroxyl groups is 1. The minimum atomic E-state index is -4.27. The van der Waals surface area contributed by atoms with Gasteiger partial charge in [-0.05, 0) is 45.8 Å². The van der Waals surface area contributed by atoms with Crippen LogP contribution in [0.3, 0.4) is 0 Å². The Bertz CT molecular complexity index is 695. The van der Waals surface area contributed by atoms with E-state index >= 15 is 0 Å². The fourth-order valence-electron chi connectivity index (χ4n) is 3.71. The average Bonchev–Trinajstić information content (AvgIpc) is 2.77. The monoisotopic (exact) mass is 580 g/mol. The molecule has 0 aliphatic heterocycles. The molecule has 1 unspecified atom stereocenters. The average molecular weight is 581 g/mol. The highest BCUT2D eigenvalue weighted by Gasteiger charge is 2.27. The Hall–Kier alpha value is -0.540. The molecule has 0 saturated heterocycles. The van der Waals surface area contributed by atoms with Gasteiger partial charge in [-0.1, -0.05) is 83.3 Å². The maximum Gasteiger partial charge on any atom is 0.472 e. The fraction of sp³-hybridized carbons (Fsp3) is 0.893. The smallest absolute Gasteiger partial charge is 0.387 e. The number of aliphatic hydroxyl groups excluding tert-OH is 1. The number of quaternary nitrogens is 1. The summed E-state index contributed by atoms with van der Waals surface area (Å²) < 4.78 is 23.3. The number of phosphoric ester groups is 1. The molecule has 0 aromatic rings. The zero-order valence-electron chi connectivity index (χ0n) is 25.3. The number of thiocarbonyl (C=S) groups is 1. The highest BCUT2D eigenvalue weighted by atomic mass is 32.1.